The fourth-order valence-corrected chi connectivity index (χ4v) is 3.11. The summed E-state index contributed by atoms with van der Waals surface area (Å²) in [5, 5.41) is 3.10. The lowest BCUT2D eigenvalue weighted by Gasteiger charge is -2.09. The highest BCUT2D eigenvalue weighted by molar-refractivity contribution is 7.92. The molecule has 8 heteroatoms. The van der Waals surface area contributed by atoms with Crippen LogP contribution in [0.15, 0.2) is 71.9 Å². The second-order valence-electron chi connectivity index (χ2n) is 5.17. The second kappa shape index (κ2) is 7.27. The maximum atomic E-state index is 12.9. The Morgan fingerprint density at radius 1 is 0.960 bits per heavy atom. The maximum absolute atomic E-state index is 12.9. The minimum absolute atomic E-state index is 0.0220. The van der Waals surface area contributed by atoms with E-state index < -0.39 is 15.8 Å². The second-order valence-corrected chi connectivity index (χ2v) is 6.85. The number of halogens is 1. The number of rotatable bonds is 6. The fourth-order valence-electron chi connectivity index (χ4n) is 2.07. The molecule has 1 aromatic carbocycles. The van der Waals surface area contributed by atoms with Gasteiger partial charge < -0.3 is 5.32 Å². The van der Waals surface area contributed by atoms with E-state index >= 15 is 0 Å². The van der Waals surface area contributed by atoms with Crippen molar-refractivity contribution in [1.29, 1.82) is 0 Å². The molecule has 0 aliphatic heterocycles. The molecular formula is C17H15FN4O2S. The van der Waals surface area contributed by atoms with Crippen molar-refractivity contribution in [2.45, 2.75) is 11.4 Å². The van der Waals surface area contributed by atoms with Crippen molar-refractivity contribution in [2.75, 3.05) is 10.0 Å². The third kappa shape index (κ3) is 4.51. The predicted molar refractivity (Wildman–Crippen MR) is 93.0 cm³/mol. The van der Waals surface area contributed by atoms with E-state index in [0.717, 1.165) is 17.8 Å². The molecule has 0 unspecified atom stereocenters. The van der Waals surface area contributed by atoms with Crippen LogP contribution >= 0.6 is 0 Å². The monoisotopic (exact) mass is 358 g/mol. The van der Waals surface area contributed by atoms with Gasteiger partial charge in [-0.15, -0.1) is 0 Å². The Morgan fingerprint density at radius 3 is 2.40 bits per heavy atom. The predicted octanol–water partition coefficient (Wildman–Crippen LogP) is 3.03. The summed E-state index contributed by atoms with van der Waals surface area (Å²) < 4.78 is 39.8. The van der Waals surface area contributed by atoms with Gasteiger partial charge in [0.15, 0.2) is 0 Å². The highest BCUT2D eigenvalue weighted by Gasteiger charge is 2.14. The Bertz CT molecular complexity index is 931. The SMILES string of the molecule is O=S(=O)(Nc1ccc(NCc2ccccn2)nc1)c1ccc(F)cc1. The number of anilines is 2. The molecule has 0 aliphatic rings. The van der Waals surface area contributed by atoms with Crippen molar-refractivity contribution in [3.05, 3.63) is 78.5 Å². The molecule has 6 nitrogen and oxygen atoms in total. The molecule has 3 aromatic rings. The van der Waals surface area contributed by atoms with E-state index in [0.29, 0.717) is 18.1 Å². The average molecular weight is 358 g/mol. The van der Waals surface area contributed by atoms with Gasteiger partial charge in [-0.25, -0.2) is 17.8 Å². The lowest BCUT2D eigenvalue weighted by atomic mass is 10.3. The van der Waals surface area contributed by atoms with Crippen LogP contribution in [-0.2, 0) is 16.6 Å². The van der Waals surface area contributed by atoms with Gasteiger partial charge in [0.25, 0.3) is 10.0 Å². The normalized spacial score (nSPS) is 11.1. The van der Waals surface area contributed by atoms with E-state index in [1.165, 1.54) is 18.3 Å². The van der Waals surface area contributed by atoms with Crippen LogP contribution in [0.2, 0.25) is 0 Å². The van der Waals surface area contributed by atoms with E-state index in [2.05, 4.69) is 20.0 Å². The first-order valence-corrected chi connectivity index (χ1v) is 8.89. The number of nitrogens with one attached hydrogen (secondary N) is 2. The molecule has 2 aromatic heterocycles. The zero-order chi connectivity index (χ0) is 17.7. The molecule has 2 N–H and O–H groups in total. The van der Waals surface area contributed by atoms with Crippen LogP contribution in [0.25, 0.3) is 0 Å². The average Bonchev–Trinajstić information content (AvgIpc) is 2.62. The van der Waals surface area contributed by atoms with E-state index in [9.17, 15) is 12.8 Å². The van der Waals surface area contributed by atoms with E-state index in [4.69, 9.17) is 0 Å². The Morgan fingerprint density at radius 2 is 1.76 bits per heavy atom. The standard InChI is InChI=1S/C17H15FN4O2S/c18-13-4-7-16(8-5-13)25(23,24)22-15-6-9-17(21-12-15)20-11-14-3-1-2-10-19-14/h1-10,12,22H,11H2,(H,20,21). The molecule has 2 heterocycles. The Hall–Kier alpha value is -3.00. The minimum atomic E-state index is -3.79. The van der Waals surface area contributed by atoms with Crippen LogP contribution in [0.4, 0.5) is 15.9 Å². The summed E-state index contributed by atoms with van der Waals surface area (Å²) >= 11 is 0. The van der Waals surface area contributed by atoms with Gasteiger partial charge in [-0.1, -0.05) is 6.07 Å². The Kier molecular flexibility index (Phi) is 4.90. The number of hydrogen-bond acceptors (Lipinski definition) is 5. The smallest absolute Gasteiger partial charge is 0.261 e. The third-order valence-corrected chi connectivity index (χ3v) is 4.71. The first kappa shape index (κ1) is 16.8. The van der Waals surface area contributed by atoms with Gasteiger partial charge in [-0.3, -0.25) is 9.71 Å². The molecule has 0 radical (unpaired) electrons. The number of nitrogens with zero attached hydrogens (tertiary/aromatic N) is 2. The van der Waals surface area contributed by atoms with Crippen LogP contribution in [0.5, 0.6) is 0 Å². The molecule has 0 atom stereocenters. The summed E-state index contributed by atoms with van der Waals surface area (Å²) in [5.74, 6) is 0.0966. The van der Waals surface area contributed by atoms with Gasteiger partial charge in [-0.2, -0.15) is 0 Å². The van der Waals surface area contributed by atoms with E-state index in [1.807, 2.05) is 18.2 Å². The van der Waals surface area contributed by atoms with Crippen molar-refractivity contribution in [3.63, 3.8) is 0 Å². The van der Waals surface area contributed by atoms with Crippen LogP contribution < -0.4 is 10.0 Å². The Labute approximate surface area is 144 Å². The summed E-state index contributed by atoms with van der Waals surface area (Å²) in [5.41, 5.74) is 1.18. The number of hydrogen-bond donors (Lipinski definition) is 2. The highest BCUT2D eigenvalue weighted by Crippen LogP contribution is 2.17. The molecule has 0 saturated carbocycles. The van der Waals surface area contributed by atoms with Gasteiger partial charge in [-0.05, 0) is 48.5 Å². The lowest BCUT2D eigenvalue weighted by molar-refractivity contribution is 0.599. The summed E-state index contributed by atoms with van der Waals surface area (Å²) in [6.07, 6.45) is 3.11. The minimum Gasteiger partial charge on any atom is -0.364 e. The largest absolute Gasteiger partial charge is 0.364 e. The molecule has 0 spiro atoms. The topological polar surface area (TPSA) is 84.0 Å². The molecule has 0 fully saturated rings. The van der Waals surface area contributed by atoms with Crippen molar-refractivity contribution in [1.82, 2.24) is 9.97 Å². The van der Waals surface area contributed by atoms with Crippen molar-refractivity contribution >= 4 is 21.5 Å². The molecule has 3 rings (SSSR count). The van der Waals surface area contributed by atoms with Crippen LogP contribution in [0.3, 0.4) is 0 Å². The molecule has 0 bridgehead atoms. The molecule has 0 saturated heterocycles. The van der Waals surface area contributed by atoms with Gasteiger partial charge in [0.05, 0.1) is 29.0 Å². The van der Waals surface area contributed by atoms with Gasteiger partial charge in [0, 0.05) is 6.20 Å². The van der Waals surface area contributed by atoms with Crippen molar-refractivity contribution in [3.8, 4) is 0 Å². The molecule has 25 heavy (non-hydrogen) atoms. The molecule has 0 amide bonds. The zero-order valence-corrected chi connectivity index (χ0v) is 13.9. The Balaban J connectivity index is 1.65. The van der Waals surface area contributed by atoms with Gasteiger partial charge in [0.2, 0.25) is 0 Å². The number of benzene rings is 1. The zero-order valence-electron chi connectivity index (χ0n) is 13.1. The van der Waals surface area contributed by atoms with Crippen LogP contribution in [-0.4, -0.2) is 18.4 Å². The first-order valence-electron chi connectivity index (χ1n) is 7.41. The molecule has 0 aliphatic carbocycles. The lowest BCUT2D eigenvalue weighted by Crippen LogP contribution is -2.13. The van der Waals surface area contributed by atoms with Gasteiger partial charge in [0.1, 0.15) is 11.6 Å². The summed E-state index contributed by atoms with van der Waals surface area (Å²) in [6.45, 7) is 0.508. The van der Waals surface area contributed by atoms with Crippen LogP contribution in [0, 0.1) is 5.82 Å². The maximum Gasteiger partial charge on any atom is 0.261 e. The summed E-state index contributed by atoms with van der Waals surface area (Å²) in [4.78, 5) is 8.33. The van der Waals surface area contributed by atoms with E-state index in [-0.39, 0.29) is 4.90 Å². The number of sulfonamides is 1. The third-order valence-electron chi connectivity index (χ3n) is 3.32. The first-order chi connectivity index (χ1) is 12.0. The van der Waals surface area contributed by atoms with Crippen molar-refractivity contribution < 1.29 is 12.8 Å². The van der Waals surface area contributed by atoms with Gasteiger partial charge >= 0.3 is 0 Å². The summed E-state index contributed by atoms with van der Waals surface area (Å²) in [7, 11) is -3.79. The van der Waals surface area contributed by atoms with E-state index in [1.54, 1.807) is 18.3 Å². The fraction of sp³-hybridized carbons (Fsp3) is 0.0588. The van der Waals surface area contributed by atoms with Crippen molar-refractivity contribution in [2.24, 2.45) is 0 Å². The number of aromatic nitrogens is 2. The molecular weight excluding hydrogens is 343 g/mol. The molecule has 128 valence electrons. The van der Waals surface area contributed by atoms with Crippen LogP contribution in [0.1, 0.15) is 5.69 Å². The quantitative estimate of drug-likeness (QED) is 0.708. The summed E-state index contributed by atoms with van der Waals surface area (Å²) in [6, 6.07) is 13.5. The number of pyridine rings is 2. The highest BCUT2D eigenvalue weighted by atomic mass is 32.2.